The zero-order chi connectivity index (χ0) is 12.4. The smallest absolute Gasteiger partial charge is 0.159 e. The molecule has 6 heteroatoms. The van der Waals surface area contributed by atoms with Crippen molar-refractivity contribution in [2.75, 3.05) is 7.11 Å². The van der Waals surface area contributed by atoms with Gasteiger partial charge >= 0.3 is 0 Å². The van der Waals surface area contributed by atoms with E-state index in [0.29, 0.717) is 16.9 Å². The Labute approximate surface area is 107 Å². The van der Waals surface area contributed by atoms with Crippen molar-refractivity contribution in [3.63, 3.8) is 0 Å². The fourth-order valence-electron chi connectivity index (χ4n) is 1.38. The van der Waals surface area contributed by atoms with Gasteiger partial charge in [-0.25, -0.2) is 4.39 Å². The van der Waals surface area contributed by atoms with E-state index in [-0.39, 0.29) is 10.3 Å². The van der Waals surface area contributed by atoms with Gasteiger partial charge in [-0.05, 0) is 18.2 Å². The zero-order valence-electron chi connectivity index (χ0n) is 8.75. The van der Waals surface area contributed by atoms with Crippen LogP contribution in [0, 0.1) is 5.82 Å². The minimum Gasteiger partial charge on any atom is -0.497 e. The Kier molecular flexibility index (Phi) is 3.45. The van der Waals surface area contributed by atoms with E-state index in [1.54, 1.807) is 12.1 Å². The summed E-state index contributed by atoms with van der Waals surface area (Å²) in [6.45, 7) is 0. The maximum Gasteiger partial charge on any atom is 0.159 e. The number of aromatic nitrogens is 2. The minimum atomic E-state index is -0.463. The molecule has 0 atom stereocenters. The van der Waals surface area contributed by atoms with Crippen LogP contribution in [-0.2, 0) is 0 Å². The van der Waals surface area contributed by atoms with E-state index in [9.17, 15) is 4.39 Å². The molecule has 88 valence electrons. The second-order valence-electron chi connectivity index (χ2n) is 3.22. The monoisotopic (exact) mass is 272 g/mol. The van der Waals surface area contributed by atoms with Crippen molar-refractivity contribution in [1.82, 2.24) is 10.2 Å². The lowest BCUT2D eigenvalue weighted by Gasteiger charge is -2.06. The zero-order valence-corrected chi connectivity index (χ0v) is 10.3. The molecule has 2 aromatic rings. The lowest BCUT2D eigenvalue weighted by Crippen LogP contribution is -1.92. The Balaban J connectivity index is 2.56. The molecular formula is C11H7Cl2FN2O. The van der Waals surface area contributed by atoms with Crippen LogP contribution in [0.4, 0.5) is 4.39 Å². The van der Waals surface area contributed by atoms with Crippen LogP contribution in [0.3, 0.4) is 0 Å². The van der Waals surface area contributed by atoms with Crippen LogP contribution in [0.25, 0.3) is 11.1 Å². The number of halogens is 3. The second kappa shape index (κ2) is 4.85. The van der Waals surface area contributed by atoms with Gasteiger partial charge in [-0.3, -0.25) is 0 Å². The molecular weight excluding hydrogens is 266 g/mol. The number of benzene rings is 1. The molecule has 3 nitrogen and oxygen atoms in total. The fraction of sp³-hybridized carbons (Fsp3) is 0.0909. The van der Waals surface area contributed by atoms with Crippen LogP contribution in [-0.4, -0.2) is 17.3 Å². The average Bonchev–Trinajstić information content (AvgIpc) is 2.32. The fourth-order valence-corrected chi connectivity index (χ4v) is 1.72. The number of ether oxygens (including phenoxy) is 1. The maximum atomic E-state index is 13.8. The van der Waals surface area contributed by atoms with Crippen LogP contribution in [0.5, 0.6) is 5.75 Å². The molecule has 0 aliphatic rings. The Hall–Kier alpha value is -1.39. The number of hydrogen-bond acceptors (Lipinski definition) is 3. The molecule has 0 fully saturated rings. The molecule has 0 unspecified atom stereocenters. The van der Waals surface area contributed by atoms with Crippen molar-refractivity contribution in [2.45, 2.75) is 0 Å². The largest absolute Gasteiger partial charge is 0.497 e. The summed E-state index contributed by atoms with van der Waals surface area (Å²) >= 11 is 11.5. The van der Waals surface area contributed by atoms with Gasteiger partial charge in [0.25, 0.3) is 0 Å². The van der Waals surface area contributed by atoms with Gasteiger partial charge in [-0.2, -0.15) is 0 Å². The highest BCUT2D eigenvalue weighted by Gasteiger charge is 2.12. The average molecular weight is 273 g/mol. The summed E-state index contributed by atoms with van der Waals surface area (Å²) in [4.78, 5) is 0. The normalized spacial score (nSPS) is 10.4. The highest BCUT2D eigenvalue weighted by atomic mass is 35.5. The minimum absolute atomic E-state index is 0.0958. The molecule has 0 spiro atoms. The summed E-state index contributed by atoms with van der Waals surface area (Å²) < 4.78 is 18.7. The van der Waals surface area contributed by atoms with Crippen LogP contribution in [0.15, 0.2) is 24.3 Å². The third-order valence-electron chi connectivity index (χ3n) is 2.19. The lowest BCUT2D eigenvalue weighted by atomic mass is 10.1. The molecule has 0 bridgehead atoms. The van der Waals surface area contributed by atoms with Crippen molar-refractivity contribution in [3.05, 3.63) is 40.4 Å². The molecule has 0 amide bonds. The van der Waals surface area contributed by atoms with Crippen molar-refractivity contribution in [3.8, 4) is 16.9 Å². The summed E-state index contributed by atoms with van der Waals surface area (Å²) in [5.41, 5.74) is 0.694. The van der Waals surface area contributed by atoms with Gasteiger partial charge < -0.3 is 4.74 Å². The Morgan fingerprint density at radius 2 is 1.88 bits per heavy atom. The van der Waals surface area contributed by atoms with Gasteiger partial charge in [0.05, 0.1) is 7.11 Å². The van der Waals surface area contributed by atoms with Crippen LogP contribution < -0.4 is 4.74 Å². The Morgan fingerprint density at radius 1 is 1.12 bits per heavy atom. The van der Waals surface area contributed by atoms with E-state index in [1.165, 1.54) is 19.2 Å². The molecule has 0 aliphatic heterocycles. The maximum absolute atomic E-state index is 13.8. The molecule has 2 rings (SSSR count). The molecule has 0 saturated heterocycles. The van der Waals surface area contributed by atoms with Gasteiger partial charge in [0.2, 0.25) is 0 Å². The molecule has 1 heterocycles. The van der Waals surface area contributed by atoms with E-state index < -0.39 is 5.82 Å². The highest BCUT2D eigenvalue weighted by molar-refractivity contribution is 6.33. The van der Waals surface area contributed by atoms with Crippen molar-refractivity contribution in [1.29, 1.82) is 0 Å². The van der Waals surface area contributed by atoms with E-state index in [4.69, 9.17) is 27.9 Å². The Bertz CT molecular complexity index is 563. The van der Waals surface area contributed by atoms with Gasteiger partial charge in [0, 0.05) is 17.2 Å². The number of hydrogen-bond donors (Lipinski definition) is 0. The van der Waals surface area contributed by atoms with Gasteiger partial charge in [0.1, 0.15) is 11.6 Å². The molecule has 0 aliphatic carbocycles. The molecule has 1 aromatic carbocycles. The first-order chi connectivity index (χ1) is 8.11. The summed E-state index contributed by atoms with van der Waals surface area (Å²) in [6, 6.07) is 5.90. The lowest BCUT2D eigenvalue weighted by molar-refractivity contribution is 0.411. The predicted octanol–water partition coefficient (Wildman–Crippen LogP) is 3.60. The van der Waals surface area contributed by atoms with Crippen molar-refractivity contribution in [2.24, 2.45) is 0 Å². The number of rotatable bonds is 2. The van der Waals surface area contributed by atoms with E-state index >= 15 is 0 Å². The second-order valence-corrected chi connectivity index (χ2v) is 3.96. The van der Waals surface area contributed by atoms with Crippen molar-refractivity contribution >= 4 is 23.2 Å². The van der Waals surface area contributed by atoms with E-state index in [1.807, 2.05) is 0 Å². The first kappa shape index (κ1) is 12.1. The summed E-state index contributed by atoms with van der Waals surface area (Å²) in [5.74, 6) is -0.0363. The first-order valence-corrected chi connectivity index (χ1v) is 5.40. The van der Waals surface area contributed by atoms with Crippen LogP contribution in [0.2, 0.25) is 10.3 Å². The summed E-state index contributed by atoms with van der Waals surface area (Å²) in [5, 5.41) is 7.44. The third-order valence-corrected chi connectivity index (χ3v) is 2.65. The quantitative estimate of drug-likeness (QED) is 0.838. The predicted molar refractivity (Wildman–Crippen MR) is 64.0 cm³/mol. The van der Waals surface area contributed by atoms with E-state index in [2.05, 4.69) is 10.2 Å². The van der Waals surface area contributed by atoms with Gasteiger partial charge in [-0.15, -0.1) is 10.2 Å². The van der Waals surface area contributed by atoms with Crippen molar-refractivity contribution < 1.29 is 9.13 Å². The number of methoxy groups -OCH3 is 1. The van der Waals surface area contributed by atoms with Crippen LogP contribution in [0.1, 0.15) is 0 Å². The topological polar surface area (TPSA) is 35.0 Å². The standard InChI is InChI=1S/C11H7Cl2FN2O/c1-17-6-2-3-7(9(14)4-6)8-5-10(12)15-16-11(8)13/h2-5H,1H3. The molecule has 0 radical (unpaired) electrons. The third kappa shape index (κ3) is 2.48. The summed E-state index contributed by atoms with van der Waals surface area (Å²) in [6.07, 6.45) is 0. The highest BCUT2D eigenvalue weighted by Crippen LogP contribution is 2.31. The van der Waals surface area contributed by atoms with E-state index in [0.717, 1.165) is 0 Å². The SMILES string of the molecule is COc1ccc(-c2cc(Cl)nnc2Cl)c(F)c1. The molecule has 0 N–H and O–H groups in total. The Morgan fingerprint density at radius 3 is 2.53 bits per heavy atom. The summed E-state index contributed by atoms with van der Waals surface area (Å²) in [7, 11) is 1.46. The number of nitrogens with zero attached hydrogens (tertiary/aromatic N) is 2. The first-order valence-electron chi connectivity index (χ1n) is 4.64. The van der Waals surface area contributed by atoms with Gasteiger partial charge in [0.15, 0.2) is 10.3 Å². The van der Waals surface area contributed by atoms with Crippen LogP contribution >= 0.6 is 23.2 Å². The molecule has 0 saturated carbocycles. The molecule has 17 heavy (non-hydrogen) atoms. The molecule has 1 aromatic heterocycles. The van der Waals surface area contributed by atoms with Gasteiger partial charge in [-0.1, -0.05) is 23.2 Å².